The second-order valence-electron chi connectivity index (χ2n) is 7.47. The fraction of sp³-hybridized carbons (Fsp3) is 0.667. The van der Waals surface area contributed by atoms with Gasteiger partial charge in [-0.3, -0.25) is 14.2 Å². The highest BCUT2D eigenvalue weighted by atomic mass is 16.2. The van der Waals surface area contributed by atoms with Gasteiger partial charge in [-0.05, 0) is 51.4 Å². The number of carbonyl (C=O) groups excluding carboxylic acids is 1. The highest BCUT2D eigenvalue weighted by Crippen LogP contribution is 2.39. The standard InChI is InChI=1S/C18H22N4O3/c1-11(12-4-5-12)22(13-6-7-13)16(23)10-21-17(24)14(9-19)15-3-2-8-20(15)18(21)25/h11-13H,2-8,10H2,1H3. The van der Waals surface area contributed by atoms with Gasteiger partial charge in [-0.25, -0.2) is 9.36 Å². The molecule has 0 radical (unpaired) electrons. The minimum atomic E-state index is -0.621. The molecule has 1 unspecified atom stereocenters. The molecule has 2 aliphatic carbocycles. The average molecular weight is 342 g/mol. The van der Waals surface area contributed by atoms with Crippen molar-refractivity contribution in [2.45, 2.75) is 70.6 Å². The van der Waals surface area contributed by atoms with Crippen LogP contribution in [0.5, 0.6) is 0 Å². The first-order chi connectivity index (χ1) is 12.0. The van der Waals surface area contributed by atoms with Gasteiger partial charge in [-0.1, -0.05) is 0 Å². The van der Waals surface area contributed by atoms with Gasteiger partial charge in [-0.2, -0.15) is 5.26 Å². The van der Waals surface area contributed by atoms with Crippen molar-refractivity contribution >= 4 is 5.91 Å². The van der Waals surface area contributed by atoms with E-state index in [2.05, 4.69) is 6.92 Å². The van der Waals surface area contributed by atoms with Crippen LogP contribution in [-0.2, 0) is 24.3 Å². The summed E-state index contributed by atoms with van der Waals surface area (Å²) in [4.78, 5) is 40.0. The van der Waals surface area contributed by atoms with Gasteiger partial charge in [0.25, 0.3) is 5.56 Å². The molecule has 1 amide bonds. The Kier molecular flexibility index (Phi) is 3.78. The number of fused-ring (bicyclic) bond motifs is 1. The molecule has 2 saturated carbocycles. The third-order valence-corrected chi connectivity index (χ3v) is 5.71. The van der Waals surface area contributed by atoms with E-state index in [1.165, 1.54) is 4.57 Å². The molecule has 7 nitrogen and oxygen atoms in total. The van der Waals surface area contributed by atoms with Gasteiger partial charge < -0.3 is 4.90 Å². The van der Waals surface area contributed by atoms with Gasteiger partial charge in [0.05, 0.1) is 0 Å². The fourth-order valence-corrected chi connectivity index (χ4v) is 4.03. The molecule has 2 fully saturated rings. The Morgan fingerprint density at radius 1 is 1.32 bits per heavy atom. The van der Waals surface area contributed by atoms with Crippen LogP contribution in [0, 0.1) is 17.2 Å². The minimum absolute atomic E-state index is 0.0121. The molecule has 2 heterocycles. The maximum atomic E-state index is 12.9. The maximum Gasteiger partial charge on any atom is 0.331 e. The molecule has 0 spiro atoms. The summed E-state index contributed by atoms with van der Waals surface area (Å²) < 4.78 is 2.45. The van der Waals surface area contributed by atoms with Crippen LogP contribution in [0.1, 0.15) is 50.3 Å². The van der Waals surface area contributed by atoms with Crippen molar-refractivity contribution in [3.8, 4) is 6.07 Å². The lowest BCUT2D eigenvalue weighted by molar-refractivity contribution is -0.135. The monoisotopic (exact) mass is 342 g/mol. The lowest BCUT2D eigenvalue weighted by Crippen LogP contribution is -2.49. The van der Waals surface area contributed by atoms with Gasteiger partial charge in [0.1, 0.15) is 18.2 Å². The van der Waals surface area contributed by atoms with E-state index in [1.807, 2.05) is 11.0 Å². The number of rotatable bonds is 5. The largest absolute Gasteiger partial charge is 0.335 e. The maximum absolute atomic E-state index is 12.9. The Morgan fingerprint density at radius 3 is 2.64 bits per heavy atom. The zero-order chi connectivity index (χ0) is 17.7. The van der Waals surface area contributed by atoms with Gasteiger partial charge in [0.15, 0.2) is 0 Å². The van der Waals surface area contributed by atoms with E-state index in [0.717, 1.165) is 36.7 Å². The first-order valence-corrected chi connectivity index (χ1v) is 9.10. The SMILES string of the molecule is CC(C1CC1)N(C(=O)Cn1c(=O)c(C#N)c2n(c1=O)CCC2)C1CC1. The molecule has 0 N–H and O–H groups in total. The van der Waals surface area contributed by atoms with Crippen molar-refractivity contribution < 1.29 is 4.79 Å². The minimum Gasteiger partial charge on any atom is -0.335 e. The predicted molar refractivity (Wildman–Crippen MR) is 90.1 cm³/mol. The van der Waals surface area contributed by atoms with Crippen LogP contribution in [0.25, 0.3) is 0 Å². The normalized spacial score (nSPS) is 20.0. The first kappa shape index (κ1) is 16.1. The molecular weight excluding hydrogens is 320 g/mol. The summed E-state index contributed by atoms with van der Waals surface area (Å²) in [5.41, 5.74) is -0.548. The Labute approximate surface area is 145 Å². The van der Waals surface area contributed by atoms with Crippen molar-refractivity contribution in [1.29, 1.82) is 5.26 Å². The molecule has 0 bridgehead atoms. The Bertz CT molecular complexity index is 883. The molecule has 25 heavy (non-hydrogen) atoms. The number of aromatic nitrogens is 2. The van der Waals surface area contributed by atoms with Crippen LogP contribution in [0.2, 0.25) is 0 Å². The first-order valence-electron chi connectivity index (χ1n) is 9.10. The number of hydrogen-bond acceptors (Lipinski definition) is 4. The number of carbonyl (C=O) groups is 1. The fourth-order valence-electron chi connectivity index (χ4n) is 4.03. The van der Waals surface area contributed by atoms with Crippen molar-refractivity contribution in [2.75, 3.05) is 0 Å². The second kappa shape index (κ2) is 5.87. The molecule has 132 valence electrons. The second-order valence-corrected chi connectivity index (χ2v) is 7.47. The van der Waals surface area contributed by atoms with E-state index in [4.69, 9.17) is 0 Å². The van der Waals surface area contributed by atoms with Gasteiger partial charge in [0.2, 0.25) is 5.91 Å². The zero-order valence-electron chi connectivity index (χ0n) is 14.4. The van der Waals surface area contributed by atoms with E-state index >= 15 is 0 Å². The third kappa shape index (κ3) is 2.70. The molecule has 1 aromatic rings. The Hall–Kier alpha value is -2.36. The predicted octanol–water partition coefficient (Wildman–Crippen LogP) is 0.617. The summed E-state index contributed by atoms with van der Waals surface area (Å²) in [5.74, 6) is 0.362. The summed E-state index contributed by atoms with van der Waals surface area (Å²) >= 11 is 0. The molecule has 1 aromatic heterocycles. The number of nitrogens with zero attached hydrogens (tertiary/aromatic N) is 4. The van der Waals surface area contributed by atoms with Crippen molar-refractivity contribution in [1.82, 2.24) is 14.0 Å². The lowest BCUT2D eigenvalue weighted by atomic mass is 10.1. The molecule has 4 rings (SSSR count). The number of hydrogen-bond donors (Lipinski definition) is 0. The molecule has 7 heteroatoms. The lowest BCUT2D eigenvalue weighted by Gasteiger charge is -2.29. The Balaban J connectivity index is 1.68. The molecule has 0 aromatic carbocycles. The van der Waals surface area contributed by atoms with Crippen LogP contribution < -0.4 is 11.2 Å². The van der Waals surface area contributed by atoms with Crippen LogP contribution in [0.4, 0.5) is 0 Å². The van der Waals surface area contributed by atoms with Crippen molar-refractivity contribution in [2.24, 2.45) is 5.92 Å². The molecule has 1 aliphatic heterocycles. The van der Waals surface area contributed by atoms with E-state index in [9.17, 15) is 19.6 Å². The van der Waals surface area contributed by atoms with E-state index < -0.39 is 11.2 Å². The Morgan fingerprint density at radius 2 is 2.04 bits per heavy atom. The highest BCUT2D eigenvalue weighted by molar-refractivity contribution is 5.77. The van der Waals surface area contributed by atoms with E-state index in [0.29, 0.717) is 24.6 Å². The highest BCUT2D eigenvalue weighted by Gasteiger charge is 2.41. The number of amides is 1. The molecule has 0 saturated heterocycles. The molecule has 3 aliphatic rings. The van der Waals surface area contributed by atoms with Crippen LogP contribution in [-0.4, -0.2) is 32.0 Å². The summed E-state index contributed by atoms with van der Waals surface area (Å²) in [6, 6.07) is 2.33. The molecular formula is C18H22N4O3. The quantitative estimate of drug-likeness (QED) is 0.785. The third-order valence-electron chi connectivity index (χ3n) is 5.71. The smallest absolute Gasteiger partial charge is 0.331 e. The van der Waals surface area contributed by atoms with Crippen LogP contribution in [0.15, 0.2) is 9.59 Å². The summed E-state index contributed by atoms with van der Waals surface area (Å²) in [5, 5.41) is 9.33. The van der Waals surface area contributed by atoms with Crippen LogP contribution in [0.3, 0.4) is 0 Å². The van der Waals surface area contributed by atoms with E-state index in [1.54, 1.807) is 0 Å². The average Bonchev–Trinajstić information content (AvgIpc) is 3.51. The molecule has 1 atom stereocenters. The van der Waals surface area contributed by atoms with Crippen molar-refractivity contribution in [3.63, 3.8) is 0 Å². The van der Waals surface area contributed by atoms with E-state index in [-0.39, 0.29) is 30.1 Å². The van der Waals surface area contributed by atoms with Crippen molar-refractivity contribution in [3.05, 3.63) is 32.1 Å². The topological polar surface area (TPSA) is 88.1 Å². The van der Waals surface area contributed by atoms with Gasteiger partial charge >= 0.3 is 5.69 Å². The number of nitriles is 1. The summed E-state index contributed by atoms with van der Waals surface area (Å²) in [6.07, 6.45) is 5.56. The van der Waals surface area contributed by atoms with Crippen LogP contribution >= 0.6 is 0 Å². The van der Waals surface area contributed by atoms with Gasteiger partial charge in [0, 0.05) is 24.3 Å². The van der Waals surface area contributed by atoms with Gasteiger partial charge in [-0.15, -0.1) is 0 Å². The zero-order valence-corrected chi connectivity index (χ0v) is 14.4. The summed E-state index contributed by atoms with van der Waals surface area (Å²) in [6.45, 7) is 2.30. The summed E-state index contributed by atoms with van der Waals surface area (Å²) in [7, 11) is 0.